The SMILES string of the molecule is CCN(CC)C(=O)CCNC(=O)NCC(C)(C)C(=O)O. The summed E-state index contributed by atoms with van der Waals surface area (Å²) in [5.41, 5.74) is -1.02. The van der Waals surface area contributed by atoms with E-state index in [1.54, 1.807) is 4.90 Å². The molecule has 0 aliphatic carbocycles. The number of nitrogens with zero attached hydrogens (tertiary/aromatic N) is 1. The molecule has 0 saturated heterocycles. The summed E-state index contributed by atoms with van der Waals surface area (Å²) >= 11 is 0. The first-order chi connectivity index (χ1) is 9.24. The van der Waals surface area contributed by atoms with Gasteiger partial charge in [-0.05, 0) is 27.7 Å². The van der Waals surface area contributed by atoms with Gasteiger partial charge in [0.15, 0.2) is 0 Å². The summed E-state index contributed by atoms with van der Waals surface area (Å²) in [5, 5.41) is 13.9. The summed E-state index contributed by atoms with van der Waals surface area (Å²) in [4.78, 5) is 35.7. The van der Waals surface area contributed by atoms with Gasteiger partial charge in [0.25, 0.3) is 0 Å². The number of rotatable bonds is 8. The summed E-state index contributed by atoms with van der Waals surface area (Å²) in [6.45, 7) is 8.40. The van der Waals surface area contributed by atoms with Crippen LogP contribution >= 0.6 is 0 Å². The second kappa shape index (κ2) is 8.39. The number of nitrogens with one attached hydrogen (secondary N) is 2. The van der Waals surface area contributed by atoms with Gasteiger partial charge >= 0.3 is 12.0 Å². The molecule has 7 heteroatoms. The number of carboxylic acids is 1. The molecule has 116 valence electrons. The molecule has 0 bridgehead atoms. The van der Waals surface area contributed by atoms with Crippen LogP contribution in [0, 0.1) is 5.41 Å². The topological polar surface area (TPSA) is 98.7 Å². The van der Waals surface area contributed by atoms with Gasteiger partial charge in [-0.25, -0.2) is 4.79 Å². The number of amides is 3. The summed E-state index contributed by atoms with van der Waals surface area (Å²) in [5.74, 6) is -0.990. The smallest absolute Gasteiger partial charge is 0.314 e. The molecular weight excluding hydrogens is 262 g/mol. The maximum absolute atomic E-state index is 11.7. The lowest BCUT2D eigenvalue weighted by molar-refractivity contribution is -0.146. The highest BCUT2D eigenvalue weighted by Gasteiger charge is 2.27. The standard InChI is InChI=1S/C13H25N3O4/c1-5-16(6-2)10(17)7-8-14-12(20)15-9-13(3,4)11(18)19/h5-9H2,1-4H3,(H,18,19)(H2,14,15,20). The van der Waals surface area contributed by atoms with Gasteiger partial charge in [0, 0.05) is 32.6 Å². The fraction of sp³-hybridized carbons (Fsp3) is 0.769. The van der Waals surface area contributed by atoms with Gasteiger partial charge in [-0.3, -0.25) is 9.59 Å². The van der Waals surface area contributed by atoms with Crippen molar-refractivity contribution >= 4 is 17.9 Å². The van der Waals surface area contributed by atoms with Crippen molar-refractivity contribution in [2.75, 3.05) is 26.2 Å². The van der Waals surface area contributed by atoms with Crippen LogP contribution in [0.4, 0.5) is 4.79 Å². The second-order valence-electron chi connectivity index (χ2n) is 5.11. The molecule has 7 nitrogen and oxygen atoms in total. The third kappa shape index (κ3) is 6.40. The number of carboxylic acid groups (broad SMARTS) is 1. The summed E-state index contributed by atoms with van der Waals surface area (Å²) < 4.78 is 0. The van der Waals surface area contributed by atoms with E-state index in [0.29, 0.717) is 13.1 Å². The maximum Gasteiger partial charge on any atom is 0.314 e. The Bertz CT molecular complexity index is 352. The van der Waals surface area contributed by atoms with Crippen LogP contribution in [0.15, 0.2) is 0 Å². The molecule has 3 amide bonds. The lowest BCUT2D eigenvalue weighted by Crippen LogP contribution is -2.44. The van der Waals surface area contributed by atoms with Crippen molar-refractivity contribution in [3.63, 3.8) is 0 Å². The highest BCUT2D eigenvalue weighted by Crippen LogP contribution is 2.12. The Kier molecular flexibility index (Phi) is 7.64. The van der Waals surface area contributed by atoms with E-state index in [0.717, 1.165) is 0 Å². The molecule has 0 aromatic rings. The van der Waals surface area contributed by atoms with E-state index in [1.807, 2.05) is 13.8 Å². The zero-order chi connectivity index (χ0) is 15.8. The molecule has 0 spiro atoms. The summed E-state index contributed by atoms with van der Waals surface area (Å²) in [6, 6.07) is -0.466. The molecule has 0 aliphatic rings. The molecule has 0 atom stereocenters. The Labute approximate surface area is 119 Å². The molecule has 0 radical (unpaired) electrons. The molecule has 20 heavy (non-hydrogen) atoms. The van der Waals surface area contributed by atoms with Crippen LogP contribution in [0.3, 0.4) is 0 Å². The molecule has 0 unspecified atom stereocenters. The minimum absolute atomic E-state index is 0.0128. The molecule has 0 rings (SSSR count). The molecule has 0 aromatic carbocycles. The van der Waals surface area contributed by atoms with Crippen molar-refractivity contribution in [2.24, 2.45) is 5.41 Å². The van der Waals surface area contributed by atoms with Gasteiger partial charge < -0.3 is 20.6 Å². The first-order valence-corrected chi connectivity index (χ1v) is 6.77. The second-order valence-corrected chi connectivity index (χ2v) is 5.11. The predicted octanol–water partition coefficient (Wildman–Crippen LogP) is 0.655. The lowest BCUT2D eigenvalue weighted by atomic mass is 9.94. The Morgan fingerprint density at radius 3 is 2.10 bits per heavy atom. The number of carbonyl (C=O) groups is 3. The monoisotopic (exact) mass is 287 g/mol. The van der Waals surface area contributed by atoms with Crippen molar-refractivity contribution in [1.82, 2.24) is 15.5 Å². The summed E-state index contributed by atoms with van der Waals surface area (Å²) in [7, 11) is 0. The van der Waals surface area contributed by atoms with E-state index < -0.39 is 17.4 Å². The quantitative estimate of drug-likeness (QED) is 0.610. The maximum atomic E-state index is 11.7. The average Bonchev–Trinajstić information content (AvgIpc) is 2.37. The number of carbonyl (C=O) groups excluding carboxylic acids is 2. The number of aliphatic carboxylic acids is 1. The Morgan fingerprint density at radius 2 is 1.65 bits per heavy atom. The van der Waals surface area contributed by atoms with Crippen molar-refractivity contribution in [1.29, 1.82) is 0 Å². The van der Waals surface area contributed by atoms with Crippen molar-refractivity contribution in [3.8, 4) is 0 Å². The van der Waals surface area contributed by atoms with Gasteiger partial charge in [0.05, 0.1) is 5.41 Å². The van der Waals surface area contributed by atoms with Crippen LogP contribution in [-0.2, 0) is 9.59 Å². The third-order valence-electron chi connectivity index (χ3n) is 3.01. The summed E-state index contributed by atoms with van der Waals surface area (Å²) in [6.07, 6.45) is 0.234. The predicted molar refractivity (Wildman–Crippen MR) is 75.4 cm³/mol. The fourth-order valence-electron chi connectivity index (χ4n) is 1.46. The molecule has 0 aromatic heterocycles. The van der Waals surface area contributed by atoms with Crippen molar-refractivity contribution in [2.45, 2.75) is 34.1 Å². The third-order valence-corrected chi connectivity index (χ3v) is 3.01. The number of urea groups is 1. The Hall–Kier alpha value is -1.79. The zero-order valence-electron chi connectivity index (χ0n) is 12.7. The van der Waals surface area contributed by atoms with Crippen LogP contribution in [0.25, 0.3) is 0 Å². The Morgan fingerprint density at radius 1 is 1.10 bits per heavy atom. The highest BCUT2D eigenvalue weighted by molar-refractivity contribution is 5.79. The van der Waals surface area contributed by atoms with Gasteiger partial charge in [-0.15, -0.1) is 0 Å². The van der Waals surface area contributed by atoms with Gasteiger partial charge in [0.1, 0.15) is 0 Å². The Balaban J connectivity index is 3.96. The number of hydrogen-bond acceptors (Lipinski definition) is 3. The first kappa shape index (κ1) is 18.2. The molecule has 0 fully saturated rings. The van der Waals surface area contributed by atoms with Crippen molar-refractivity contribution in [3.05, 3.63) is 0 Å². The van der Waals surface area contributed by atoms with E-state index in [1.165, 1.54) is 13.8 Å². The van der Waals surface area contributed by atoms with Gasteiger partial charge in [-0.2, -0.15) is 0 Å². The zero-order valence-corrected chi connectivity index (χ0v) is 12.7. The number of hydrogen-bond donors (Lipinski definition) is 3. The normalized spacial score (nSPS) is 10.8. The fourth-order valence-corrected chi connectivity index (χ4v) is 1.46. The largest absolute Gasteiger partial charge is 0.481 e. The van der Waals surface area contributed by atoms with E-state index >= 15 is 0 Å². The van der Waals surface area contributed by atoms with E-state index in [-0.39, 0.29) is 25.4 Å². The van der Waals surface area contributed by atoms with Crippen LogP contribution in [0.2, 0.25) is 0 Å². The first-order valence-electron chi connectivity index (χ1n) is 6.77. The van der Waals surface area contributed by atoms with E-state index in [2.05, 4.69) is 10.6 Å². The van der Waals surface area contributed by atoms with Crippen molar-refractivity contribution < 1.29 is 19.5 Å². The average molecular weight is 287 g/mol. The lowest BCUT2D eigenvalue weighted by Gasteiger charge is -2.20. The highest BCUT2D eigenvalue weighted by atomic mass is 16.4. The van der Waals surface area contributed by atoms with Crippen LogP contribution in [-0.4, -0.2) is 54.1 Å². The molecule has 0 aliphatic heterocycles. The molecular formula is C13H25N3O4. The van der Waals surface area contributed by atoms with Crippen LogP contribution in [0.1, 0.15) is 34.1 Å². The minimum Gasteiger partial charge on any atom is -0.481 e. The van der Waals surface area contributed by atoms with Gasteiger partial charge in [-0.1, -0.05) is 0 Å². The van der Waals surface area contributed by atoms with E-state index in [9.17, 15) is 14.4 Å². The van der Waals surface area contributed by atoms with Crippen LogP contribution in [0.5, 0.6) is 0 Å². The minimum atomic E-state index is -1.02. The van der Waals surface area contributed by atoms with Gasteiger partial charge in [0.2, 0.25) is 5.91 Å². The molecule has 3 N–H and O–H groups in total. The molecule has 0 heterocycles. The molecule has 0 saturated carbocycles. The van der Waals surface area contributed by atoms with E-state index in [4.69, 9.17) is 5.11 Å². The van der Waals surface area contributed by atoms with Crippen LogP contribution < -0.4 is 10.6 Å².